The van der Waals surface area contributed by atoms with Crippen molar-refractivity contribution in [3.05, 3.63) is 52.0 Å². The van der Waals surface area contributed by atoms with Crippen molar-refractivity contribution in [2.24, 2.45) is 0 Å². The Morgan fingerprint density at radius 2 is 2.00 bits per heavy atom. The molecule has 0 saturated carbocycles. The summed E-state index contributed by atoms with van der Waals surface area (Å²) in [6.07, 6.45) is 1.80. The number of nitrogens with zero attached hydrogens (tertiary/aromatic N) is 2. The molecule has 3 rings (SSSR count). The molecular formula is C19H24N2O2S. The quantitative estimate of drug-likeness (QED) is 0.835. The molecule has 0 radical (unpaired) electrons. The van der Waals surface area contributed by atoms with E-state index in [9.17, 15) is 4.79 Å². The summed E-state index contributed by atoms with van der Waals surface area (Å²) in [6.45, 7) is 6.22. The van der Waals surface area contributed by atoms with Gasteiger partial charge >= 0.3 is 0 Å². The van der Waals surface area contributed by atoms with E-state index in [0.29, 0.717) is 6.61 Å². The summed E-state index contributed by atoms with van der Waals surface area (Å²) >= 11 is 1.70. The van der Waals surface area contributed by atoms with E-state index in [1.54, 1.807) is 11.3 Å². The maximum atomic E-state index is 12.2. The summed E-state index contributed by atoms with van der Waals surface area (Å²) in [4.78, 5) is 19.0. The third-order valence-electron chi connectivity index (χ3n) is 4.84. The van der Waals surface area contributed by atoms with E-state index in [2.05, 4.69) is 29.6 Å². The zero-order valence-corrected chi connectivity index (χ0v) is 15.1. The molecule has 24 heavy (non-hydrogen) atoms. The number of benzene rings is 1. The van der Waals surface area contributed by atoms with E-state index in [0.717, 1.165) is 36.6 Å². The van der Waals surface area contributed by atoms with Crippen LogP contribution in [0.4, 0.5) is 0 Å². The van der Waals surface area contributed by atoms with Crippen LogP contribution in [-0.4, -0.2) is 42.1 Å². The Bertz CT molecular complexity index is 676. The fraction of sp³-hybridized carbons (Fsp3) is 0.474. The number of ether oxygens (including phenoxy) is 1. The number of piperidine rings is 1. The molecular weight excluding hydrogens is 320 g/mol. The molecule has 0 unspecified atom stereocenters. The van der Waals surface area contributed by atoms with Crippen LogP contribution >= 0.6 is 11.3 Å². The first-order valence-electron chi connectivity index (χ1n) is 8.49. The van der Waals surface area contributed by atoms with Crippen LogP contribution in [0.25, 0.3) is 0 Å². The van der Waals surface area contributed by atoms with Crippen LogP contribution in [0.2, 0.25) is 0 Å². The third kappa shape index (κ3) is 3.37. The van der Waals surface area contributed by atoms with E-state index in [-0.39, 0.29) is 17.9 Å². The molecule has 0 spiro atoms. The Morgan fingerprint density at radius 3 is 2.58 bits per heavy atom. The second kappa shape index (κ2) is 7.45. The average Bonchev–Trinajstić information content (AvgIpc) is 3.07. The van der Waals surface area contributed by atoms with Crippen LogP contribution in [0.3, 0.4) is 0 Å². The van der Waals surface area contributed by atoms with Gasteiger partial charge in [-0.2, -0.15) is 0 Å². The molecule has 1 aliphatic rings. The van der Waals surface area contributed by atoms with Crippen molar-refractivity contribution in [2.75, 3.05) is 26.3 Å². The lowest BCUT2D eigenvalue weighted by Crippen LogP contribution is -2.47. The zero-order chi connectivity index (χ0) is 17.0. The largest absolute Gasteiger partial charge is 0.372 e. The van der Waals surface area contributed by atoms with Crippen molar-refractivity contribution in [1.82, 2.24) is 9.88 Å². The first kappa shape index (κ1) is 17.1. The number of hydrogen-bond acceptors (Lipinski definition) is 4. The number of likely N-dealkylation sites (tertiary alicyclic amines) is 1. The van der Waals surface area contributed by atoms with E-state index in [1.165, 1.54) is 5.56 Å². The fourth-order valence-electron chi connectivity index (χ4n) is 3.45. The molecule has 128 valence electrons. The molecule has 1 fully saturated rings. The van der Waals surface area contributed by atoms with Crippen molar-refractivity contribution < 1.29 is 9.53 Å². The Labute approximate surface area is 147 Å². The number of carbonyl (C=O) groups excluding carboxylic acids is 1. The highest BCUT2D eigenvalue weighted by molar-refractivity contribution is 7.09. The van der Waals surface area contributed by atoms with Gasteiger partial charge < -0.3 is 9.64 Å². The highest BCUT2D eigenvalue weighted by Crippen LogP contribution is 2.41. The van der Waals surface area contributed by atoms with Crippen LogP contribution < -0.4 is 0 Å². The number of aromatic nitrogens is 1. The van der Waals surface area contributed by atoms with Crippen molar-refractivity contribution >= 4 is 17.2 Å². The summed E-state index contributed by atoms with van der Waals surface area (Å²) < 4.78 is 5.27. The van der Waals surface area contributed by atoms with Crippen LogP contribution in [0.1, 0.15) is 36.0 Å². The summed E-state index contributed by atoms with van der Waals surface area (Å²) in [6, 6.07) is 10.6. The number of hydrogen-bond donors (Lipinski definition) is 0. The predicted octanol–water partition coefficient (Wildman–Crippen LogP) is 3.40. The lowest BCUT2D eigenvalue weighted by molar-refractivity contribution is -0.137. The van der Waals surface area contributed by atoms with Gasteiger partial charge in [0, 0.05) is 30.5 Å². The van der Waals surface area contributed by atoms with Gasteiger partial charge in [0.15, 0.2) is 0 Å². The normalized spacial score (nSPS) is 17.0. The van der Waals surface area contributed by atoms with Gasteiger partial charge in [0.25, 0.3) is 0 Å². The van der Waals surface area contributed by atoms with Crippen molar-refractivity contribution in [1.29, 1.82) is 0 Å². The van der Waals surface area contributed by atoms with Gasteiger partial charge in [0.2, 0.25) is 5.91 Å². The van der Waals surface area contributed by atoms with Gasteiger partial charge in [-0.25, -0.2) is 4.98 Å². The minimum Gasteiger partial charge on any atom is -0.372 e. The van der Waals surface area contributed by atoms with E-state index in [1.807, 2.05) is 24.8 Å². The molecule has 4 nitrogen and oxygen atoms in total. The van der Waals surface area contributed by atoms with Crippen LogP contribution in [-0.2, 0) is 14.9 Å². The second-order valence-electron chi connectivity index (χ2n) is 6.22. The molecule has 0 atom stereocenters. The van der Waals surface area contributed by atoms with Crippen molar-refractivity contribution in [3.63, 3.8) is 0 Å². The standard InChI is InChI=1S/C19H24N2O2S/c1-3-23-13-18(22)21-11-9-19(10-12-21,16-7-5-4-6-8-16)17-14-24-15(2)20-17/h4-8,14H,3,9-13H2,1-2H3. The summed E-state index contributed by atoms with van der Waals surface area (Å²) in [5.41, 5.74) is 2.36. The van der Waals surface area contributed by atoms with Gasteiger partial charge in [-0.05, 0) is 32.3 Å². The lowest BCUT2D eigenvalue weighted by Gasteiger charge is -2.41. The Kier molecular flexibility index (Phi) is 5.31. The van der Waals surface area contributed by atoms with Crippen molar-refractivity contribution in [3.8, 4) is 0 Å². The van der Waals surface area contributed by atoms with E-state index in [4.69, 9.17) is 9.72 Å². The summed E-state index contributed by atoms with van der Waals surface area (Å²) in [5, 5.41) is 3.27. The number of carbonyl (C=O) groups is 1. The van der Waals surface area contributed by atoms with Gasteiger partial charge in [-0.1, -0.05) is 30.3 Å². The fourth-order valence-corrected chi connectivity index (χ4v) is 4.16. The second-order valence-corrected chi connectivity index (χ2v) is 7.28. The minimum absolute atomic E-state index is 0.0889. The average molecular weight is 344 g/mol. The highest BCUT2D eigenvalue weighted by atomic mass is 32.1. The van der Waals surface area contributed by atoms with Gasteiger partial charge in [-0.3, -0.25) is 4.79 Å². The maximum Gasteiger partial charge on any atom is 0.248 e. The van der Waals surface area contributed by atoms with Gasteiger partial charge in [0.1, 0.15) is 6.61 Å². The van der Waals surface area contributed by atoms with E-state index < -0.39 is 0 Å². The Morgan fingerprint density at radius 1 is 1.29 bits per heavy atom. The highest BCUT2D eigenvalue weighted by Gasteiger charge is 2.40. The molecule has 1 aromatic heterocycles. The van der Waals surface area contributed by atoms with E-state index >= 15 is 0 Å². The van der Waals surface area contributed by atoms with Crippen LogP contribution in [0.5, 0.6) is 0 Å². The third-order valence-corrected chi connectivity index (χ3v) is 5.61. The number of aryl methyl sites for hydroxylation is 1. The summed E-state index contributed by atoms with van der Waals surface area (Å²) in [7, 11) is 0. The SMILES string of the molecule is CCOCC(=O)N1CCC(c2ccccc2)(c2csc(C)n2)CC1. The monoisotopic (exact) mass is 344 g/mol. The zero-order valence-electron chi connectivity index (χ0n) is 14.3. The number of amides is 1. The molecule has 5 heteroatoms. The lowest BCUT2D eigenvalue weighted by atomic mass is 9.70. The van der Waals surface area contributed by atoms with Gasteiger partial charge in [0.05, 0.1) is 10.7 Å². The smallest absolute Gasteiger partial charge is 0.248 e. The molecule has 1 saturated heterocycles. The van der Waals surface area contributed by atoms with Gasteiger partial charge in [-0.15, -0.1) is 11.3 Å². The number of rotatable bonds is 5. The topological polar surface area (TPSA) is 42.4 Å². The molecule has 1 amide bonds. The Balaban J connectivity index is 1.83. The first-order valence-corrected chi connectivity index (χ1v) is 9.37. The predicted molar refractivity (Wildman–Crippen MR) is 96.4 cm³/mol. The number of thiazole rings is 1. The first-order chi connectivity index (χ1) is 11.7. The van der Waals surface area contributed by atoms with Crippen molar-refractivity contribution in [2.45, 2.75) is 32.1 Å². The molecule has 0 N–H and O–H groups in total. The summed E-state index contributed by atoms with van der Waals surface area (Å²) in [5.74, 6) is 0.0907. The Hall–Kier alpha value is -1.72. The molecule has 0 aliphatic carbocycles. The molecule has 1 aliphatic heterocycles. The molecule has 1 aromatic carbocycles. The molecule has 2 heterocycles. The molecule has 0 bridgehead atoms. The molecule has 2 aromatic rings. The maximum absolute atomic E-state index is 12.2. The van der Waals surface area contributed by atoms with Crippen LogP contribution in [0, 0.1) is 6.92 Å². The minimum atomic E-state index is -0.0889. The van der Waals surface area contributed by atoms with Crippen LogP contribution in [0.15, 0.2) is 35.7 Å².